The Balaban J connectivity index is 1.74. The molecule has 2 amide bonds. The summed E-state index contributed by atoms with van der Waals surface area (Å²) in [4.78, 5) is 35.8. The number of ether oxygens (including phenoxy) is 3. The van der Waals surface area contributed by atoms with Gasteiger partial charge in [0.1, 0.15) is 11.5 Å². The minimum Gasteiger partial charge on any atom is -0.495 e. The maximum atomic E-state index is 12.0. The van der Waals surface area contributed by atoms with Crippen LogP contribution < -0.4 is 20.1 Å². The first kappa shape index (κ1) is 21.7. The van der Waals surface area contributed by atoms with E-state index in [1.54, 1.807) is 48.5 Å². The monoisotopic (exact) mass is 400 g/mol. The molecule has 0 aliphatic heterocycles. The number of methoxy groups -OCH3 is 1. The van der Waals surface area contributed by atoms with Crippen molar-refractivity contribution in [3.8, 4) is 11.5 Å². The number of amides is 2. The Morgan fingerprint density at radius 3 is 2.07 bits per heavy atom. The van der Waals surface area contributed by atoms with Crippen molar-refractivity contribution in [2.45, 2.75) is 19.8 Å². The molecule has 0 saturated heterocycles. The third-order valence-corrected chi connectivity index (χ3v) is 3.76. The summed E-state index contributed by atoms with van der Waals surface area (Å²) >= 11 is 0. The molecule has 0 fully saturated rings. The minimum atomic E-state index is -0.645. The average molecular weight is 400 g/mol. The second-order valence-corrected chi connectivity index (χ2v) is 5.89. The maximum absolute atomic E-state index is 12.0. The first-order valence-corrected chi connectivity index (χ1v) is 9.13. The minimum absolute atomic E-state index is 0.0777. The van der Waals surface area contributed by atoms with Gasteiger partial charge in [0.25, 0.3) is 5.91 Å². The van der Waals surface area contributed by atoms with Gasteiger partial charge >= 0.3 is 5.97 Å². The Kier molecular flexibility index (Phi) is 8.50. The van der Waals surface area contributed by atoms with E-state index in [1.807, 2.05) is 6.92 Å². The van der Waals surface area contributed by atoms with E-state index >= 15 is 0 Å². The molecule has 8 heteroatoms. The van der Waals surface area contributed by atoms with E-state index in [0.717, 1.165) is 0 Å². The Hall–Kier alpha value is -3.55. The predicted molar refractivity (Wildman–Crippen MR) is 108 cm³/mol. The lowest BCUT2D eigenvalue weighted by Crippen LogP contribution is -2.22. The van der Waals surface area contributed by atoms with Gasteiger partial charge < -0.3 is 24.8 Å². The Bertz CT molecular complexity index is 853. The van der Waals surface area contributed by atoms with Crippen LogP contribution in [0.2, 0.25) is 0 Å². The van der Waals surface area contributed by atoms with E-state index in [-0.39, 0.29) is 18.7 Å². The number of carbonyl (C=O) groups excluding carboxylic acids is 3. The lowest BCUT2D eigenvalue weighted by Gasteiger charge is -2.11. The normalized spacial score (nSPS) is 10.0. The van der Waals surface area contributed by atoms with Crippen molar-refractivity contribution in [1.29, 1.82) is 0 Å². The van der Waals surface area contributed by atoms with Crippen LogP contribution in [0.1, 0.15) is 19.8 Å². The van der Waals surface area contributed by atoms with Crippen LogP contribution in [-0.4, -0.2) is 38.1 Å². The fourth-order valence-electron chi connectivity index (χ4n) is 2.43. The van der Waals surface area contributed by atoms with E-state index in [0.29, 0.717) is 29.5 Å². The van der Waals surface area contributed by atoms with Gasteiger partial charge in [0.15, 0.2) is 6.61 Å². The lowest BCUT2D eigenvalue weighted by atomic mass is 10.2. The summed E-state index contributed by atoms with van der Waals surface area (Å²) < 4.78 is 15.5. The third kappa shape index (κ3) is 7.17. The van der Waals surface area contributed by atoms with Crippen molar-refractivity contribution in [2.75, 3.05) is 31.0 Å². The third-order valence-electron chi connectivity index (χ3n) is 3.76. The van der Waals surface area contributed by atoms with Gasteiger partial charge in [-0.2, -0.15) is 0 Å². The van der Waals surface area contributed by atoms with Crippen LogP contribution in [0.5, 0.6) is 11.5 Å². The zero-order valence-corrected chi connectivity index (χ0v) is 16.4. The second-order valence-electron chi connectivity index (χ2n) is 5.89. The van der Waals surface area contributed by atoms with Crippen LogP contribution in [0.15, 0.2) is 48.5 Å². The summed E-state index contributed by atoms with van der Waals surface area (Å²) in [7, 11) is 1.50. The highest BCUT2D eigenvalue weighted by Crippen LogP contribution is 2.24. The van der Waals surface area contributed by atoms with E-state index in [2.05, 4.69) is 10.6 Å². The quantitative estimate of drug-likeness (QED) is 0.595. The fraction of sp³-hybridized carbons (Fsp3) is 0.286. The molecule has 29 heavy (non-hydrogen) atoms. The number of para-hydroxylation sites is 4. The Labute approximate surface area is 169 Å². The highest BCUT2D eigenvalue weighted by atomic mass is 16.5. The van der Waals surface area contributed by atoms with Gasteiger partial charge in [0, 0.05) is 6.42 Å². The van der Waals surface area contributed by atoms with Crippen LogP contribution in [0.4, 0.5) is 11.4 Å². The number of carbonyl (C=O) groups is 3. The first-order valence-electron chi connectivity index (χ1n) is 9.13. The first-order chi connectivity index (χ1) is 14.0. The van der Waals surface area contributed by atoms with Crippen LogP contribution in [0.25, 0.3) is 0 Å². The molecule has 0 radical (unpaired) electrons. The Morgan fingerprint density at radius 1 is 0.828 bits per heavy atom. The van der Waals surface area contributed by atoms with Crippen LogP contribution in [-0.2, 0) is 19.1 Å². The highest BCUT2D eigenvalue weighted by Gasteiger charge is 2.13. The maximum Gasteiger partial charge on any atom is 0.306 e. The van der Waals surface area contributed by atoms with E-state index in [4.69, 9.17) is 14.2 Å². The molecule has 0 aromatic heterocycles. The summed E-state index contributed by atoms with van der Waals surface area (Å²) in [5.74, 6) is -0.450. The fourth-order valence-corrected chi connectivity index (χ4v) is 2.43. The molecule has 2 aromatic carbocycles. The summed E-state index contributed by atoms with van der Waals surface area (Å²) in [6, 6.07) is 13.9. The number of hydrogen-bond donors (Lipinski definition) is 2. The number of rotatable bonds is 10. The van der Waals surface area contributed by atoms with Gasteiger partial charge in [0.2, 0.25) is 5.91 Å². The van der Waals surface area contributed by atoms with Crippen LogP contribution in [0.3, 0.4) is 0 Å². The van der Waals surface area contributed by atoms with Gasteiger partial charge in [-0.05, 0) is 31.2 Å². The molecule has 2 rings (SSSR count). The van der Waals surface area contributed by atoms with E-state index in [1.165, 1.54) is 7.11 Å². The average Bonchev–Trinajstić information content (AvgIpc) is 2.73. The van der Waals surface area contributed by atoms with E-state index < -0.39 is 18.5 Å². The number of nitrogens with one attached hydrogen (secondary N) is 2. The SMILES string of the molecule is CCOc1ccccc1NC(=O)COC(=O)CCC(=O)Nc1ccccc1OC. The molecule has 0 aliphatic rings. The van der Waals surface area contributed by atoms with Crippen LogP contribution >= 0.6 is 0 Å². The molecule has 154 valence electrons. The number of hydrogen-bond acceptors (Lipinski definition) is 6. The molecule has 0 bridgehead atoms. The molecule has 0 spiro atoms. The molecule has 8 nitrogen and oxygen atoms in total. The number of anilines is 2. The summed E-state index contributed by atoms with van der Waals surface area (Å²) in [5.41, 5.74) is 1.01. The molecule has 0 atom stereocenters. The summed E-state index contributed by atoms with van der Waals surface area (Å²) in [6.07, 6.45) is -0.227. The number of esters is 1. The molecule has 0 heterocycles. The molecule has 0 aliphatic carbocycles. The van der Waals surface area contributed by atoms with Gasteiger partial charge in [-0.3, -0.25) is 14.4 Å². The topological polar surface area (TPSA) is 103 Å². The van der Waals surface area contributed by atoms with Crippen molar-refractivity contribution >= 4 is 29.2 Å². The van der Waals surface area contributed by atoms with Crippen molar-refractivity contribution in [3.05, 3.63) is 48.5 Å². The summed E-state index contributed by atoms with van der Waals surface area (Å²) in [6.45, 7) is 1.84. The van der Waals surface area contributed by atoms with E-state index in [9.17, 15) is 14.4 Å². The highest BCUT2D eigenvalue weighted by molar-refractivity contribution is 5.95. The van der Waals surface area contributed by atoms with Gasteiger partial charge in [0.05, 0.1) is 31.5 Å². The van der Waals surface area contributed by atoms with Crippen molar-refractivity contribution in [3.63, 3.8) is 0 Å². The summed E-state index contributed by atoms with van der Waals surface area (Å²) in [5, 5.41) is 5.29. The standard InChI is InChI=1S/C21H24N2O6/c1-3-28-18-11-7-5-9-16(18)23-20(25)14-29-21(26)13-12-19(24)22-15-8-4-6-10-17(15)27-2/h4-11H,3,12-14H2,1-2H3,(H,22,24)(H,23,25). The van der Waals surface area contributed by atoms with Gasteiger partial charge in [-0.15, -0.1) is 0 Å². The smallest absolute Gasteiger partial charge is 0.306 e. The van der Waals surface area contributed by atoms with Gasteiger partial charge in [-0.1, -0.05) is 24.3 Å². The molecule has 0 unspecified atom stereocenters. The van der Waals surface area contributed by atoms with Crippen molar-refractivity contribution in [2.24, 2.45) is 0 Å². The molecular weight excluding hydrogens is 376 g/mol. The molecule has 2 N–H and O–H groups in total. The lowest BCUT2D eigenvalue weighted by molar-refractivity contribution is -0.147. The van der Waals surface area contributed by atoms with Crippen LogP contribution in [0, 0.1) is 0 Å². The predicted octanol–water partition coefficient (Wildman–Crippen LogP) is 2.99. The number of benzene rings is 2. The Morgan fingerprint density at radius 2 is 1.41 bits per heavy atom. The molecule has 0 saturated carbocycles. The zero-order chi connectivity index (χ0) is 21.1. The largest absolute Gasteiger partial charge is 0.495 e. The van der Waals surface area contributed by atoms with Gasteiger partial charge in [-0.25, -0.2) is 0 Å². The zero-order valence-electron chi connectivity index (χ0n) is 16.4. The van der Waals surface area contributed by atoms with Crippen molar-refractivity contribution in [1.82, 2.24) is 0 Å². The molecule has 2 aromatic rings. The van der Waals surface area contributed by atoms with Crippen molar-refractivity contribution < 1.29 is 28.6 Å². The second kappa shape index (κ2) is 11.3. The molecular formula is C21H24N2O6.